The Morgan fingerprint density at radius 3 is 2.44 bits per heavy atom. The van der Waals surface area contributed by atoms with Crippen LogP contribution in [0.1, 0.15) is 41.1 Å². The van der Waals surface area contributed by atoms with Crippen molar-refractivity contribution in [2.45, 2.75) is 31.6 Å². The maximum Gasteiger partial charge on any atom is 0.0942 e. The van der Waals surface area contributed by atoms with Crippen molar-refractivity contribution in [3.05, 3.63) is 56.7 Å². The zero-order valence-corrected chi connectivity index (χ0v) is 12.7. The quantitative estimate of drug-likeness (QED) is 0.587. The molecule has 1 heterocycles. The third-order valence-corrected chi connectivity index (χ3v) is 4.99. The van der Waals surface area contributed by atoms with Gasteiger partial charge in [0, 0.05) is 4.88 Å². The van der Waals surface area contributed by atoms with E-state index in [2.05, 4.69) is 31.2 Å². The zero-order valence-electron chi connectivity index (χ0n) is 10.3. The lowest BCUT2D eigenvalue weighted by atomic mass is 10.0. The molecule has 3 heteroatoms. The molecule has 0 saturated carbocycles. The van der Waals surface area contributed by atoms with Gasteiger partial charge >= 0.3 is 0 Å². The van der Waals surface area contributed by atoms with Gasteiger partial charge < -0.3 is 0 Å². The second kappa shape index (κ2) is 6.60. The van der Waals surface area contributed by atoms with Crippen LogP contribution in [0.4, 0.5) is 0 Å². The molecule has 1 aromatic heterocycles. The molecule has 0 amide bonds. The third-order valence-electron chi connectivity index (χ3n) is 2.97. The lowest BCUT2D eigenvalue weighted by Gasteiger charge is -2.09. The van der Waals surface area contributed by atoms with E-state index in [4.69, 9.17) is 23.2 Å². The molecule has 0 bridgehead atoms. The molecule has 0 aliphatic heterocycles. The van der Waals surface area contributed by atoms with E-state index >= 15 is 0 Å². The molecule has 18 heavy (non-hydrogen) atoms. The van der Waals surface area contributed by atoms with Gasteiger partial charge in [0.2, 0.25) is 0 Å². The van der Waals surface area contributed by atoms with Gasteiger partial charge in [-0.3, -0.25) is 0 Å². The SMILES string of the molecule is CCCCc1ccc(C(Cl)c2sccc2Cl)cc1. The highest BCUT2D eigenvalue weighted by atomic mass is 35.5. The molecule has 96 valence electrons. The number of thiophene rings is 1. The van der Waals surface area contributed by atoms with Crippen LogP contribution >= 0.6 is 34.5 Å². The number of benzene rings is 1. The molecule has 0 saturated heterocycles. The van der Waals surface area contributed by atoms with E-state index in [9.17, 15) is 0 Å². The second-order valence-corrected chi connectivity index (χ2v) is 6.13. The van der Waals surface area contributed by atoms with Crippen LogP contribution in [0.25, 0.3) is 0 Å². The summed E-state index contributed by atoms with van der Waals surface area (Å²) in [4.78, 5) is 1.03. The Bertz CT molecular complexity index is 487. The highest BCUT2D eigenvalue weighted by Gasteiger charge is 2.15. The van der Waals surface area contributed by atoms with Crippen LogP contribution < -0.4 is 0 Å². The molecule has 1 atom stereocenters. The predicted molar refractivity (Wildman–Crippen MR) is 82.1 cm³/mol. The lowest BCUT2D eigenvalue weighted by molar-refractivity contribution is 0.794. The van der Waals surface area contributed by atoms with Gasteiger partial charge in [-0.1, -0.05) is 49.2 Å². The second-order valence-electron chi connectivity index (χ2n) is 4.34. The predicted octanol–water partition coefficient (Wildman–Crippen LogP) is 6.07. The summed E-state index contributed by atoms with van der Waals surface area (Å²) in [5.74, 6) is 0. The molecule has 0 spiro atoms. The maximum absolute atomic E-state index is 6.46. The van der Waals surface area contributed by atoms with Crippen molar-refractivity contribution in [3.8, 4) is 0 Å². The number of hydrogen-bond donors (Lipinski definition) is 0. The van der Waals surface area contributed by atoms with Crippen LogP contribution in [0.2, 0.25) is 5.02 Å². The van der Waals surface area contributed by atoms with E-state index in [0.29, 0.717) is 0 Å². The number of rotatable bonds is 5. The van der Waals surface area contributed by atoms with Crippen molar-refractivity contribution >= 4 is 34.5 Å². The Labute approximate surface area is 123 Å². The van der Waals surface area contributed by atoms with Crippen LogP contribution in [0.15, 0.2) is 35.7 Å². The number of halogens is 2. The monoisotopic (exact) mass is 298 g/mol. The van der Waals surface area contributed by atoms with E-state index in [0.717, 1.165) is 21.9 Å². The molecule has 0 radical (unpaired) electrons. The fraction of sp³-hybridized carbons (Fsp3) is 0.333. The molecule has 1 unspecified atom stereocenters. The topological polar surface area (TPSA) is 0 Å². The molecule has 1 aromatic carbocycles. The van der Waals surface area contributed by atoms with Crippen LogP contribution in [0.3, 0.4) is 0 Å². The first kappa shape index (κ1) is 13.9. The maximum atomic E-state index is 6.46. The van der Waals surface area contributed by atoms with Gasteiger partial charge in [0.1, 0.15) is 0 Å². The van der Waals surface area contributed by atoms with Crippen molar-refractivity contribution in [3.63, 3.8) is 0 Å². The highest BCUT2D eigenvalue weighted by molar-refractivity contribution is 7.11. The number of hydrogen-bond acceptors (Lipinski definition) is 1. The minimum absolute atomic E-state index is 0.141. The van der Waals surface area contributed by atoms with Gasteiger partial charge in [0.05, 0.1) is 10.4 Å². The Morgan fingerprint density at radius 1 is 1.17 bits per heavy atom. The Balaban J connectivity index is 2.12. The molecule has 0 nitrogen and oxygen atoms in total. The molecule has 0 fully saturated rings. The van der Waals surface area contributed by atoms with Crippen LogP contribution in [-0.2, 0) is 6.42 Å². The van der Waals surface area contributed by atoms with Crippen LogP contribution in [-0.4, -0.2) is 0 Å². The normalized spacial score (nSPS) is 12.6. The van der Waals surface area contributed by atoms with Crippen LogP contribution in [0, 0.1) is 0 Å². The Morgan fingerprint density at radius 2 is 1.89 bits per heavy atom. The summed E-state index contributed by atoms with van der Waals surface area (Å²) in [5, 5.41) is 2.59. The summed E-state index contributed by atoms with van der Waals surface area (Å²) in [6, 6.07) is 10.5. The van der Waals surface area contributed by atoms with Gasteiger partial charge in [-0.25, -0.2) is 0 Å². The van der Waals surface area contributed by atoms with Gasteiger partial charge in [-0.2, -0.15) is 0 Å². The largest absolute Gasteiger partial charge is 0.145 e. The molecule has 0 N–H and O–H groups in total. The van der Waals surface area contributed by atoms with E-state index in [1.807, 2.05) is 11.4 Å². The van der Waals surface area contributed by atoms with E-state index in [1.54, 1.807) is 11.3 Å². The van der Waals surface area contributed by atoms with Crippen molar-refractivity contribution in [1.82, 2.24) is 0 Å². The number of unbranched alkanes of at least 4 members (excludes halogenated alkanes) is 1. The number of aryl methyl sites for hydroxylation is 1. The lowest BCUT2D eigenvalue weighted by Crippen LogP contribution is -1.92. The average molecular weight is 299 g/mol. The van der Waals surface area contributed by atoms with Gasteiger partial charge in [0.15, 0.2) is 0 Å². The summed E-state index contributed by atoms with van der Waals surface area (Å²) in [5.41, 5.74) is 2.49. The van der Waals surface area contributed by atoms with E-state index in [1.165, 1.54) is 18.4 Å². The smallest absolute Gasteiger partial charge is 0.0942 e. The first-order valence-corrected chi connectivity index (χ1v) is 7.87. The van der Waals surface area contributed by atoms with Crippen molar-refractivity contribution in [2.24, 2.45) is 0 Å². The minimum Gasteiger partial charge on any atom is -0.145 e. The van der Waals surface area contributed by atoms with Crippen molar-refractivity contribution < 1.29 is 0 Å². The van der Waals surface area contributed by atoms with Crippen molar-refractivity contribution in [2.75, 3.05) is 0 Å². The summed E-state index contributed by atoms with van der Waals surface area (Å²) in [7, 11) is 0. The fourth-order valence-electron chi connectivity index (χ4n) is 1.87. The summed E-state index contributed by atoms with van der Waals surface area (Å²) in [6.45, 7) is 2.21. The van der Waals surface area contributed by atoms with Gasteiger partial charge in [-0.05, 0) is 35.4 Å². The highest BCUT2D eigenvalue weighted by Crippen LogP contribution is 2.37. The molecular weight excluding hydrogens is 283 g/mol. The molecular formula is C15H16Cl2S. The Kier molecular flexibility index (Phi) is 5.11. The first-order chi connectivity index (χ1) is 8.72. The Hall–Kier alpha value is -0.500. The summed E-state index contributed by atoms with van der Waals surface area (Å²) in [6.07, 6.45) is 3.61. The zero-order chi connectivity index (χ0) is 13.0. The van der Waals surface area contributed by atoms with Crippen LogP contribution in [0.5, 0.6) is 0 Å². The minimum atomic E-state index is -0.141. The third kappa shape index (κ3) is 3.28. The summed E-state index contributed by atoms with van der Waals surface area (Å²) >= 11 is 14.2. The van der Waals surface area contributed by atoms with E-state index < -0.39 is 0 Å². The fourth-order valence-corrected chi connectivity index (χ4v) is 3.51. The molecule has 0 aliphatic carbocycles. The summed E-state index contributed by atoms with van der Waals surface area (Å²) < 4.78 is 0. The molecule has 0 aliphatic rings. The molecule has 2 rings (SSSR count). The molecule has 2 aromatic rings. The van der Waals surface area contributed by atoms with Crippen molar-refractivity contribution in [1.29, 1.82) is 0 Å². The number of alkyl halides is 1. The first-order valence-electron chi connectivity index (χ1n) is 6.18. The van der Waals surface area contributed by atoms with Gasteiger partial charge in [-0.15, -0.1) is 22.9 Å². The standard InChI is InChI=1S/C15H16Cl2S/c1-2-3-4-11-5-7-12(8-6-11)14(17)15-13(16)9-10-18-15/h5-10,14H,2-4H2,1H3. The van der Waals surface area contributed by atoms with E-state index in [-0.39, 0.29) is 5.38 Å². The van der Waals surface area contributed by atoms with Gasteiger partial charge in [0.25, 0.3) is 0 Å². The average Bonchev–Trinajstić information content (AvgIpc) is 2.82.